The number of non-ortho nitro benzene ring substituents is 1. The summed E-state index contributed by atoms with van der Waals surface area (Å²) >= 11 is 0. The normalized spacial score (nSPS) is 10.4. The van der Waals surface area contributed by atoms with Crippen LogP contribution in [0, 0.1) is 15.9 Å². The van der Waals surface area contributed by atoms with Gasteiger partial charge in [0.1, 0.15) is 5.82 Å². The van der Waals surface area contributed by atoms with Gasteiger partial charge in [-0.1, -0.05) is 42.5 Å². The Labute approximate surface area is 138 Å². The van der Waals surface area contributed by atoms with Crippen LogP contribution in [-0.4, -0.2) is 4.92 Å². The van der Waals surface area contributed by atoms with Gasteiger partial charge in [0.05, 0.1) is 4.92 Å². The van der Waals surface area contributed by atoms with Crippen molar-refractivity contribution in [1.82, 2.24) is 0 Å². The van der Waals surface area contributed by atoms with E-state index in [2.05, 4.69) is 5.32 Å². The van der Waals surface area contributed by atoms with Crippen molar-refractivity contribution in [2.24, 2.45) is 0 Å². The number of rotatable bonds is 5. The summed E-state index contributed by atoms with van der Waals surface area (Å²) in [6.45, 7) is 0.568. The van der Waals surface area contributed by atoms with Crippen LogP contribution in [0.5, 0.6) is 0 Å². The molecule has 0 fully saturated rings. The molecule has 0 saturated carbocycles. The maximum atomic E-state index is 13.1. The van der Waals surface area contributed by atoms with Gasteiger partial charge in [-0.2, -0.15) is 0 Å². The monoisotopic (exact) mass is 322 g/mol. The van der Waals surface area contributed by atoms with Gasteiger partial charge < -0.3 is 5.32 Å². The quantitative estimate of drug-likeness (QED) is 0.530. The summed E-state index contributed by atoms with van der Waals surface area (Å²) in [4.78, 5) is 10.5. The molecule has 0 spiro atoms. The molecule has 4 nitrogen and oxygen atoms in total. The standard InChI is InChI=1S/C19H15FN2O2/c20-17-4-2-5-18(12-17)21-13-14-7-9-15(10-8-14)16-3-1-6-19(11-16)22(23)24/h1-12,21H,13H2. The molecule has 1 N–H and O–H groups in total. The van der Waals surface area contributed by atoms with Gasteiger partial charge in [0, 0.05) is 24.4 Å². The van der Waals surface area contributed by atoms with Gasteiger partial charge in [-0.3, -0.25) is 10.1 Å². The van der Waals surface area contributed by atoms with Crippen LogP contribution in [0.3, 0.4) is 0 Å². The molecule has 3 aromatic carbocycles. The molecule has 3 aromatic rings. The van der Waals surface area contributed by atoms with E-state index in [0.29, 0.717) is 6.54 Å². The van der Waals surface area contributed by atoms with Crippen molar-refractivity contribution < 1.29 is 9.31 Å². The lowest BCUT2D eigenvalue weighted by atomic mass is 10.0. The minimum atomic E-state index is -0.402. The molecule has 120 valence electrons. The minimum Gasteiger partial charge on any atom is -0.381 e. The minimum absolute atomic E-state index is 0.0735. The first-order valence-electron chi connectivity index (χ1n) is 7.45. The lowest BCUT2D eigenvalue weighted by Gasteiger charge is -2.08. The van der Waals surface area contributed by atoms with Crippen molar-refractivity contribution in [2.75, 3.05) is 5.32 Å². The highest BCUT2D eigenvalue weighted by Gasteiger charge is 2.07. The zero-order valence-corrected chi connectivity index (χ0v) is 12.8. The Morgan fingerprint density at radius 3 is 2.38 bits per heavy atom. The molecule has 5 heteroatoms. The topological polar surface area (TPSA) is 55.2 Å². The second-order valence-corrected chi connectivity index (χ2v) is 5.37. The van der Waals surface area contributed by atoms with E-state index in [9.17, 15) is 14.5 Å². The maximum absolute atomic E-state index is 13.1. The van der Waals surface area contributed by atoms with E-state index in [-0.39, 0.29) is 11.5 Å². The summed E-state index contributed by atoms with van der Waals surface area (Å²) in [5, 5.41) is 14.0. The van der Waals surface area contributed by atoms with Gasteiger partial charge in [0.2, 0.25) is 0 Å². The number of nitro groups is 1. The molecule has 24 heavy (non-hydrogen) atoms. The van der Waals surface area contributed by atoms with Crippen molar-refractivity contribution in [3.05, 3.63) is 94.3 Å². The predicted octanol–water partition coefficient (Wildman–Crippen LogP) is 5.01. The Morgan fingerprint density at radius 2 is 1.67 bits per heavy atom. The van der Waals surface area contributed by atoms with Gasteiger partial charge in [-0.25, -0.2) is 4.39 Å². The molecule has 0 atom stereocenters. The second-order valence-electron chi connectivity index (χ2n) is 5.37. The third-order valence-electron chi connectivity index (χ3n) is 3.67. The molecule has 0 aromatic heterocycles. The smallest absolute Gasteiger partial charge is 0.270 e. The maximum Gasteiger partial charge on any atom is 0.270 e. The highest BCUT2D eigenvalue weighted by atomic mass is 19.1. The molecular formula is C19H15FN2O2. The lowest BCUT2D eigenvalue weighted by Crippen LogP contribution is -1.99. The summed E-state index contributed by atoms with van der Waals surface area (Å²) in [5.41, 5.74) is 3.54. The summed E-state index contributed by atoms with van der Waals surface area (Å²) in [6, 6.07) is 20.6. The molecule has 0 radical (unpaired) electrons. The number of nitrogens with one attached hydrogen (secondary N) is 1. The van der Waals surface area contributed by atoms with Crippen LogP contribution in [0.25, 0.3) is 11.1 Å². The van der Waals surface area contributed by atoms with Crippen LogP contribution in [0.2, 0.25) is 0 Å². The molecule has 3 rings (SSSR count). The van der Waals surface area contributed by atoms with Crippen LogP contribution >= 0.6 is 0 Å². The fraction of sp³-hybridized carbons (Fsp3) is 0.0526. The first-order valence-corrected chi connectivity index (χ1v) is 7.45. The third-order valence-corrected chi connectivity index (χ3v) is 3.67. The second kappa shape index (κ2) is 6.91. The Bertz CT molecular complexity index is 863. The highest BCUT2D eigenvalue weighted by Crippen LogP contribution is 2.24. The average molecular weight is 322 g/mol. The van der Waals surface area contributed by atoms with Crippen molar-refractivity contribution >= 4 is 11.4 Å². The molecule has 0 aliphatic heterocycles. The van der Waals surface area contributed by atoms with E-state index in [1.165, 1.54) is 18.2 Å². The van der Waals surface area contributed by atoms with Crippen LogP contribution < -0.4 is 5.32 Å². The van der Waals surface area contributed by atoms with E-state index in [0.717, 1.165) is 22.4 Å². The summed E-state index contributed by atoms with van der Waals surface area (Å²) in [5.74, 6) is -0.277. The Balaban J connectivity index is 1.71. The van der Waals surface area contributed by atoms with Crippen LogP contribution in [0.15, 0.2) is 72.8 Å². The van der Waals surface area contributed by atoms with Crippen molar-refractivity contribution in [2.45, 2.75) is 6.54 Å². The molecule has 0 amide bonds. The number of nitro benzene ring substituents is 1. The van der Waals surface area contributed by atoms with Crippen LogP contribution in [-0.2, 0) is 6.54 Å². The lowest BCUT2D eigenvalue weighted by molar-refractivity contribution is -0.384. The van der Waals surface area contributed by atoms with Crippen molar-refractivity contribution in [3.63, 3.8) is 0 Å². The van der Waals surface area contributed by atoms with Gasteiger partial charge in [0.25, 0.3) is 5.69 Å². The number of hydrogen-bond acceptors (Lipinski definition) is 3. The fourth-order valence-electron chi connectivity index (χ4n) is 2.42. The van der Waals surface area contributed by atoms with Crippen LogP contribution in [0.1, 0.15) is 5.56 Å². The predicted molar refractivity (Wildman–Crippen MR) is 92.3 cm³/mol. The van der Waals surface area contributed by atoms with E-state index in [1.807, 2.05) is 30.3 Å². The van der Waals surface area contributed by atoms with Crippen LogP contribution in [0.4, 0.5) is 15.8 Å². The molecule has 0 aliphatic carbocycles. The molecule has 0 aliphatic rings. The number of anilines is 1. The fourth-order valence-corrected chi connectivity index (χ4v) is 2.42. The van der Waals surface area contributed by atoms with Gasteiger partial charge in [-0.15, -0.1) is 0 Å². The molecule has 0 heterocycles. The molecule has 0 bridgehead atoms. The SMILES string of the molecule is O=[N+]([O-])c1cccc(-c2ccc(CNc3cccc(F)c3)cc2)c1. The van der Waals surface area contributed by atoms with Gasteiger partial charge in [0.15, 0.2) is 0 Å². The van der Waals surface area contributed by atoms with Gasteiger partial charge >= 0.3 is 0 Å². The number of nitrogens with zero attached hydrogens (tertiary/aromatic N) is 1. The average Bonchev–Trinajstić information content (AvgIpc) is 2.60. The van der Waals surface area contributed by atoms with E-state index in [1.54, 1.807) is 24.3 Å². The van der Waals surface area contributed by atoms with E-state index >= 15 is 0 Å². The van der Waals surface area contributed by atoms with Gasteiger partial charge in [-0.05, 0) is 34.9 Å². The summed E-state index contributed by atoms with van der Waals surface area (Å²) < 4.78 is 13.1. The van der Waals surface area contributed by atoms with E-state index < -0.39 is 4.92 Å². The first-order chi connectivity index (χ1) is 11.6. The molecular weight excluding hydrogens is 307 g/mol. The number of halogens is 1. The first kappa shape index (κ1) is 15.7. The van der Waals surface area contributed by atoms with Crippen molar-refractivity contribution in [3.8, 4) is 11.1 Å². The largest absolute Gasteiger partial charge is 0.381 e. The summed E-state index contributed by atoms with van der Waals surface area (Å²) in [6.07, 6.45) is 0. The third kappa shape index (κ3) is 3.76. The highest BCUT2D eigenvalue weighted by molar-refractivity contribution is 5.66. The summed E-state index contributed by atoms with van der Waals surface area (Å²) in [7, 11) is 0. The number of benzene rings is 3. The molecule has 0 unspecified atom stereocenters. The Morgan fingerprint density at radius 1 is 0.917 bits per heavy atom. The number of hydrogen-bond donors (Lipinski definition) is 1. The van der Waals surface area contributed by atoms with Crippen molar-refractivity contribution in [1.29, 1.82) is 0 Å². The van der Waals surface area contributed by atoms with E-state index in [4.69, 9.17) is 0 Å². The Kier molecular flexibility index (Phi) is 4.52. The Hall–Kier alpha value is -3.21. The zero-order valence-electron chi connectivity index (χ0n) is 12.8. The molecule has 0 saturated heterocycles. The zero-order chi connectivity index (χ0) is 16.9.